The SMILES string of the molecule is CO[C@H]1C[C@@H]2CC[C@@H](C)[C@@](O)(O2)C(=O)C(=O)N2CCCC[C@H]2C(=O)O[C@H]([C@H](C)C[C@@H]2CC[C@@H](O)[C@H](OC)C2)CC(=O)[C@H](C)/C=C(\C)[C@@H](OC(=O)OCCSSC)[C@@H](OC)C(=O)[C@H](C)C[C@H](C)/C=C/C=CC=C1C. The lowest BCUT2D eigenvalue weighted by molar-refractivity contribution is -0.265. The quantitative estimate of drug-likeness (QED) is 0.0654. The van der Waals surface area contributed by atoms with Gasteiger partial charge in [0, 0.05) is 64.2 Å². The molecule has 2 bridgehead atoms. The molecule has 1 amide bonds. The van der Waals surface area contributed by atoms with Crippen LogP contribution in [0.25, 0.3) is 0 Å². The highest BCUT2D eigenvalue weighted by Crippen LogP contribution is 2.38. The summed E-state index contributed by atoms with van der Waals surface area (Å²) in [6.07, 6.45) is 11.6. The molecule has 1 aliphatic carbocycles. The molecule has 4 aliphatic rings. The Hall–Kier alpha value is -3.36. The zero-order valence-electron chi connectivity index (χ0n) is 45.1. The molecule has 2 saturated heterocycles. The van der Waals surface area contributed by atoms with Crippen molar-refractivity contribution in [3.63, 3.8) is 0 Å². The van der Waals surface area contributed by atoms with Crippen molar-refractivity contribution in [1.29, 1.82) is 0 Å². The Bertz CT molecular complexity index is 1970. The molecule has 3 aliphatic heterocycles. The van der Waals surface area contributed by atoms with Gasteiger partial charge in [-0.25, -0.2) is 9.59 Å². The van der Waals surface area contributed by atoms with E-state index < -0.39 is 90.0 Å². The molecule has 0 aromatic rings. The second-order valence-electron chi connectivity index (χ2n) is 20.8. The highest BCUT2D eigenvalue weighted by Gasteiger charge is 2.53. The Labute approximate surface area is 441 Å². The van der Waals surface area contributed by atoms with Crippen LogP contribution < -0.4 is 0 Å². The lowest BCUT2D eigenvalue weighted by Crippen LogP contribution is -2.61. The van der Waals surface area contributed by atoms with E-state index in [1.54, 1.807) is 48.0 Å². The molecule has 0 spiro atoms. The summed E-state index contributed by atoms with van der Waals surface area (Å²) in [5, 5.41) is 22.6. The van der Waals surface area contributed by atoms with Gasteiger partial charge in [-0.05, 0) is 113 Å². The van der Waals surface area contributed by atoms with Crippen molar-refractivity contribution in [3.8, 4) is 0 Å². The number of fused-ring (bicyclic) bond motifs is 3. The first-order valence-electron chi connectivity index (χ1n) is 26.2. The standard InChI is InChI=1S/C55H85NO15S2/c1-33-17-13-12-14-18-34(2)45(65-8)31-41-22-20-39(7)55(64,71-41)51(60)52(61)56-24-16-15-19-42(56)53(62)69-46(36(4)29-40-21-23-43(57)47(30-40)66-9)32-44(58)35(3)28-38(6)49(50(67-10)48(59)37(5)27-33)70-54(63)68-25-26-73-72-11/h12-14,17-18,28,33,35-37,39-43,45-47,49-50,57,64H,15-16,19-27,29-32H2,1-11H3/b14-12?,17-13+,34-18?,38-28+/t33-,35-,36-,37-,39-,40+,41+,42+,43-,45+,46+,47-,49-,50+,55-/m1/s1. The summed E-state index contributed by atoms with van der Waals surface area (Å²) < 4.78 is 41.0. The van der Waals surface area contributed by atoms with Crippen LogP contribution in [0.15, 0.2) is 47.6 Å². The molecule has 1 saturated carbocycles. The number of hydrogen-bond acceptors (Lipinski definition) is 17. The van der Waals surface area contributed by atoms with Gasteiger partial charge in [-0.1, -0.05) is 92.7 Å². The number of ether oxygens (including phenoxy) is 7. The molecule has 0 unspecified atom stereocenters. The molecule has 3 fully saturated rings. The van der Waals surface area contributed by atoms with Gasteiger partial charge >= 0.3 is 12.1 Å². The van der Waals surface area contributed by atoms with Gasteiger partial charge in [-0.3, -0.25) is 19.2 Å². The molecule has 73 heavy (non-hydrogen) atoms. The van der Waals surface area contributed by atoms with Crippen molar-refractivity contribution in [3.05, 3.63) is 47.6 Å². The van der Waals surface area contributed by atoms with Crippen molar-refractivity contribution in [1.82, 2.24) is 4.90 Å². The topological polar surface area (TPSA) is 211 Å². The normalized spacial score (nSPS) is 36.0. The predicted molar refractivity (Wildman–Crippen MR) is 281 cm³/mol. The minimum absolute atomic E-state index is 0.0445. The van der Waals surface area contributed by atoms with E-state index in [9.17, 15) is 39.0 Å². The number of methoxy groups -OCH3 is 3. The lowest BCUT2D eigenvalue weighted by atomic mass is 9.78. The molecule has 0 aromatic carbocycles. The molecule has 18 heteroatoms. The van der Waals surface area contributed by atoms with Crippen molar-refractivity contribution < 1.29 is 72.1 Å². The van der Waals surface area contributed by atoms with Crippen LogP contribution in [0, 0.1) is 35.5 Å². The molecule has 15 atom stereocenters. The van der Waals surface area contributed by atoms with E-state index in [1.165, 1.54) is 33.6 Å². The van der Waals surface area contributed by atoms with E-state index in [0.29, 0.717) is 75.5 Å². The van der Waals surface area contributed by atoms with Crippen LogP contribution in [-0.4, -0.2) is 152 Å². The van der Waals surface area contributed by atoms with Crippen molar-refractivity contribution in [2.45, 2.75) is 180 Å². The number of rotatable bonds is 11. The number of esters is 1. The number of cyclic esters (lactones) is 1. The molecule has 412 valence electrons. The first-order valence-corrected chi connectivity index (χ1v) is 28.9. The van der Waals surface area contributed by atoms with Gasteiger partial charge in [-0.15, -0.1) is 0 Å². The summed E-state index contributed by atoms with van der Waals surface area (Å²) in [4.78, 5) is 86.4. The number of aliphatic hydroxyl groups excluding tert-OH is 1. The third-order valence-electron chi connectivity index (χ3n) is 15.2. The minimum Gasteiger partial charge on any atom is -0.460 e. The minimum atomic E-state index is -2.45. The fourth-order valence-electron chi connectivity index (χ4n) is 10.6. The molecule has 4 rings (SSSR count). The average molecular weight is 1060 g/mol. The van der Waals surface area contributed by atoms with E-state index in [2.05, 4.69) is 0 Å². The third-order valence-corrected chi connectivity index (χ3v) is 17.0. The third kappa shape index (κ3) is 17.9. The summed E-state index contributed by atoms with van der Waals surface area (Å²) in [7, 11) is 7.54. The molecular weight excluding hydrogens is 979 g/mol. The fraction of sp³-hybridized carbons (Fsp3) is 0.745. The van der Waals surface area contributed by atoms with Gasteiger partial charge < -0.3 is 48.3 Å². The number of piperidine rings is 1. The molecule has 0 radical (unpaired) electrons. The molecule has 2 N–H and O–H groups in total. The van der Waals surface area contributed by atoms with Crippen LogP contribution in [-0.2, 0) is 57.1 Å². The summed E-state index contributed by atoms with van der Waals surface area (Å²) in [6, 6.07) is -1.17. The second-order valence-corrected chi connectivity index (χ2v) is 23.5. The van der Waals surface area contributed by atoms with Crippen molar-refractivity contribution in [2.75, 3.05) is 46.5 Å². The largest absolute Gasteiger partial charge is 0.509 e. The van der Waals surface area contributed by atoms with Gasteiger partial charge in [0.05, 0.1) is 24.4 Å². The van der Waals surface area contributed by atoms with Crippen LogP contribution in [0.2, 0.25) is 0 Å². The smallest absolute Gasteiger partial charge is 0.460 e. The Balaban J connectivity index is 1.76. The molecule has 0 aromatic heterocycles. The Morgan fingerprint density at radius 3 is 2.32 bits per heavy atom. The van der Waals surface area contributed by atoms with E-state index in [1.807, 2.05) is 57.4 Å². The first-order chi connectivity index (χ1) is 34.7. The van der Waals surface area contributed by atoms with Crippen LogP contribution in [0.4, 0.5) is 4.79 Å². The predicted octanol–water partition coefficient (Wildman–Crippen LogP) is 8.35. The zero-order chi connectivity index (χ0) is 54.0. The fourth-order valence-corrected chi connectivity index (χ4v) is 11.7. The van der Waals surface area contributed by atoms with Crippen molar-refractivity contribution in [2.24, 2.45) is 35.5 Å². The summed E-state index contributed by atoms with van der Waals surface area (Å²) in [5.74, 6) is -7.96. The van der Waals surface area contributed by atoms with Crippen LogP contribution in [0.1, 0.15) is 126 Å². The number of ketones is 3. The molecule has 3 heterocycles. The maximum atomic E-state index is 14.5. The van der Waals surface area contributed by atoms with Gasteiger partial charge in [0.1, 0.15) is 24.5 Å². The van der Waals surface area contributed by atoms with Crippen LogP contribution in [0.3, 0.4) is 0 Å². The number of Topliss-reactive ketones (excluding diaryl/α,β-unsaturated/α-hetero) is 3. The van der Waals surface area contributed by atoms with E-state index >= 15 is 0 Å². The highest BCUT2D eigenvalue weighted by atomic mass is 33.1. The van der Waals surface area contributed by atoms with Crippen LogP contribution >= 0.6 is 21.6 Å². The maximum absolute atomic E-state index is 14.5. The Kier molecular flexibility index (Phi) is 25.9. The summed E-state index contributed by atoms with van der Waals surface area (Å²) in [6.45, 7) is 12.7. The maximum Gasteiger partial charge on any atom is 0.509 e. The second kappa shape index (κ2) is 30.4. The van der Waals surface area contributed by atoms with Crippen molar-refractivity contribution >= 4 is 57.0 Å². The number of hydrogen-bond donors (Lipinski definition) is 2. The number of aliphatic hydroxyl groups is 2. The van der Waals surface area contributed by atoms with E-state index in [4.69, 9.17) is 33.2 Å². The van der Waals surface area contributed by atoms with Crippen LogP contribution in [0.5, 0.6) is 0 Å². The lowest BCUT2D eigenvalue weighted by Gasteiger charge is -2.42. The summed E-state index contributed by atoms with van der Waals surface area (Å²) in [5.41, 5.74) is 1.24. The average Bonchev–Trinajstić information content (AvgIpc) is 3.36. The Morgan fingerprint density at radius 2 is 1.63 bits per heavy atom. The van der Waals surface area contributed by atoms with Gasteiger partial charge in [0.15, 0.2) is 18.0 Å². The van der Waals surface area contributed by atoms with Gasteiger partial charge in [-0.2, -0.15) is 0 Å². The monoisotopic (exact) mass is 1060 g/mol. The number of nitrogens with zero attached hydrogens (tertiary/aromatic N) is 1. The van der Waals surface area contributed by atoms with E-state index in [0.717, 1.165) is 5.57 Å². The van der Waals surface area contributed by atoms with E-state index in [-0.39, 0.29) is 61.4 Å². The number of carbonyl (C=O) groups excluding carboxylic acids is 6. The van der Waals surface area contributed by atoms with Gasteiger partial charge in [0.25, 0.3) is 11.7 Å². The van der Waals surface area contributed by atoms with Gasteiger partial charge in [0.2, 0.25) is 5.79 Å². The zero-order valence-corrected chi connectivity index (χ0v) is 46.8. The highest BCUT2D eigenvalue weighted by molar-refractivity contribution is 8.76. The summed E-state index contributed by atoms with van der Waals surface area (Å²) >= 11 is 0. The molecular formula is C55H85NO15S2. The number of allylic oxidation sites excluding steroid dienone is 6. The first kappa shape index (κ1) is 62.2. The number of carbonyl (C=O) groups is 6. The number of amides is 1. The molecule has 16 nitrogen and oxygen atoms in total. The Morgan fingerprint density at radius 1 is 0.890 bits per heavy atom.